The van der Waals surface area contributed by atoms with Crippen molar-refractivity contribution in [3.63, 3.8) is 0 Å². The molecular weight excluding hydrogens is 275 g/mol. The lowest BCUT2D eigenvalue weighted by atomic mass is 10.1. The lowest BCUT2D eigenvalue weighted by Gasteiger charge is -2.11. The van der Waals surface area contributed by atoms with Gasteiger partial charge < -0.3 is 10.4 Å². The van der Waals surface area contributed by atoms with Gasteiger partial charge in [0.15, 0.2) is 0 Å². The van der Waals surface area contributed by atoms with E-state index in [-0.39, 0.29) is 18.9 Å². The fourth-order valence-corrected chi connectivity index (χ4v) is 1.85. The van der Waals surface area contributed by atoms with Crippen LogP contribution in [-0.4, -0.2) is 39.6 Å². The van der Waals surface area contributed by atoms with E-state index in [1.807, 2.05) is 0 Å². The molecule has 0 bridgehead atoms. The number of amides is 1. The van der Waals surface area contributed by atoms with Gasteiger partial charge in [0, 0.05) is 17.3 Å². The van der Waals surface area contributed by atoms with Gasteiger partial charge in [-0.25, -0.2) is 0 Å². The van der Waals surface area contributed by atoms with Gasteiger partial charge in [0.25, 0.3) is 0 Å². The number of aliphatic hydroxyl groups is 1. The molecule has 5 nitrogen and oxygen atoms in total. The van der Waals surface area contributed by atoms with Gasteiger partial charge in [-0.05, 0) is 20.8 Å². The van der Waals surface area contributed by atoms with E-state index in [1.165, 1.54) is 6.92 Å². The molecule has 0 fully saturated rings. The maximum atomic E-state index is 12.4. The van der Waals surface area contributed by atoms with Crippen molar-refractivity contribution in [3.05, 3.63) is 17.0 Å². The zero-order valence-electron chi connectivity index (χ0n) is 11.6. The van der Waals surface area contributed by atoms with Gasteiger partial charge in [0.1, 0.15) is 6.54 Å². The quantitative estimate of drug-likeness (QED) is 0.854. The number of halogens is 3. The van der Waals surface area contributed by atoms with Crippen LogP contribution >= 0.6 is 0 Å². The Balaban J connectivity index is 2.84. The highest BCUT2D eigenvalue weighted by Gasteiger charge is 2.30. The summed E-state index contributed by atoms with van der Waals surface area (Å²) in [6.45, 7) is 3.33. The maximum absolute atomic E-state index is 12.4. The van der Waals surface area contributed by atoms with Crippen LogP contribution in [0.15, 0.2) is 0 Å². The molecule has 0 radical (unpaired) electrons. The van der Waals surface area contributed by atoms with Crippen LogP contribution in [0.5, 0.6) is 0 Å². The van der Waals surface area contributed by atoms with Crippen LogP contribution in [0.4, 0.5) is 13.2 Å². The predicted octanol–water partition coefficient (Wildman–Crippen LogP) is 1.10. The van der Waals surface area contributed by atoms with Crippen molar-refractivity contribution in [1.82, 2.24) is 15.1 Å². The minimum Gasteiger partial charge on any atom is -0.394 e. The SMILES string of the molecule is Cc1nn(CC(F)(F)F)c(C)c1CC(=O)NC(C)CO. The summed E-state index contributed by atoms with van der Waals surface area (Å²) in [5, 5.41) is 15.2. The van der Waals surface area contributed by atoms with Crippen molar-refractivity contribution in [1.29, 1.82) is 0 Å². The molecule has 0 spiro atoms. The number of carbonyl (C=O) groups is 1. The van der Waals surface area contributed by atoms with E-state index in [4.69, 9.17) is 5.11 Å². The maximum Gasteiger partial charge on any atom is 0.408 e. The molecule has 0 aliphatic carbocycles. The van der Waals surface area contributed by atoms with E-state index in [9.17, 15) is 18.0 Å². The summed E-state index contributed by atoms with van der Waals surface area (Å²) in [4.78, 5) is 11.7. The zero-order valence-corrected chi connectivity index (χ0v) is 11.6. The molecule has 1 aromatic rings. The third-order valence-corrected chi connectivity index (χ3v) is 2.88. The van der Waals surface area contributed by atoms with Gasteiger partial charge in [-0.3, -0.25) is 9.48 Å². The summed E-state index contributed by atoms with van der Waals surface area (Å²) in [6, 6.07) is -0.395. The Morgan fingerprint density at radius 1 is 1.45 bits per heavy atom. The third-order valence-electron chi connectivity index (χ3n) is 2.88. The first kappa shape index (κ1) is 16.5. The number of aliphatic hydroxyl groups excluding tert-OH is 1. The molecule has 1 amide bonds. The van der Waals surface area contributed by atoms with Crippen LogP contribution in [0.1, 0.15) is 23.9 Å². The Morgan fingerprint density at radius 2 is 2.05 bits per heavy atom. The first-order valence-electron chi connectivity index (χ1n) is 6.14. The van der Waals surface area contributed by atoms with Crippen LogP contribution in [0.25, 0.3) is 0 Å². The minimum absolute atomic E-state index is 0.0557. The predicted molar refractivity (Wildman–Crippen MR) is 66.2 cm³/mol. The number of carbonyl (C=O) groups excluding carboxylic acids is 1. The van der Waals surface area contributed by atoms with Crippen molar-refractivity contribution >= 4 is 5.91 Å². The molecule has 2 N–H and O–H groups in total. The molecule has 114 valence electrons. The minimum atomic E-state index is -4.35. The second-order valence-electron chi connectivity index (χ2n) is 4.75. The standard InChI is InChI=1S/C12H18F3N3O2/c1-7(5-19)16-11(20)4-10-8(2)17-18(9(10)3)6-12(13,14)15/h7,19H,4-6H2,1-3H3,(H,16,20). The highest BCUT2D eigenvalue weighted by molar-refractivity contribution is 5.79. The molecule has 8 heteroatoms. The molecule has 0 aliphatic heterocycles. The van der Waals surface area contributed by atoms with Crippen molar-refractivity contribution in [3.8, 4) is 0 Å². The number of nitrogens with one attached hydrogen (secondary N) is 1. The monoisotopic (exact) mass is 293 g/mol. The molecule has 0 saturated heterocycles. The summed E-state index contributed by atoms with van der Waals surface area (Å²) >= 11 is 0. The van der Waals surface area contributed by atoms with Gasteiger partial charge >= 0.3 is 6.18 Å². The number of hydrogen-bond donors (Lipinski definition) is 2. The highest BCUT2D eigenvalue weighted by atomic mass is 19.4. The third kappa shape index (κ3) is 4.52. The van der Waals surface area contributed by atoms with Gasteiger partial charge in [-0.1, -0.05) is 0 Å². The van der Waals surface area contributed by atoms with Crippen molar-refractivity contribution < 1.29 is 23.1 Å². The van der Waals surface area contributed by atoms with Crippen LogP contribution < -0.4 is 5.32 Å². The van der Waals surface area contributed by atoms with Gasteiger partial charge in [-0.2, -0.15) is 18.3 Å². The second-order valence-corrected chi connectivity index (χ2v) is 4.75. The summed E-state index contributed by atoms with van der Waals surface area (Å²) in [5.41, 5.74) is 1.21. The fraction of sp³-hybridized carbons (Fsp3) is 0.667. The van der Waals surface area contributed by atoms with E-state index in [1.54, 1.807) is 13.8 Å². The molecule has 1 heterocycles. The number of alkyl halides is 3. The van der Waals surface area contributed by atoms with Crippen molar-refractivity contribution in [2.45, 2.75) is 46.0 Å². The molecule has 0 saturated carbocycles. The van der Waals surface area contributed by atoms with Crippen LogP contribution in [0.2, 0.25) is 0 Å². The van der Waals surface area contributed by atoms with E-state index in [0.29, 0.717) is 17.0 Å². The Hall–Kier alpha value is -1.57. The summed E-state index contributed by atoms with van der Waals surface area (Å²) in [6.07, 6.45) is -4.41. The summed E-state index contributed by atoms with van der Waals surface area (Å²) in [7, 11) is 0. The Morgan fingerprint density at radius 3 is 2.55 bits per heavy atom. The topological polar surface area (TPSA) is 67.2 Å². The average Bonchev–Trinajstić information content (AvgIpc) is 2.54. The molecule has 0 aromatic carbocycles. The molecular formula is C12H18F3N3O2. The molecule has 0 aliphatic rings. The van der Waals surface area contributed by atoms with Crippen LogP contribution in [-0.2, 0) is 17.8 Å². The molecule has 1 aromatic heterocycles. The summed E-state index contributed by atoms with van der Waals surface area (Å²) in [5.74, 6) is -0.357. The number of hydrogen-bond acceptors (Lipinski definition) is 3. The van der Waals surface area contributed by atoms with Crippen LogP contribution in [0, 0.1) is 13.8 Å². The van der Waals surface area contributed by atoms with Gasteiger partial charge in [-0.15, -0.1) is 0 Å². The highest BCUT2D eigenvalue weighted by Crippen LogP contribution is 2.21. The largest absolute Gasteiger partial charge is 0.408 e. The smallest absolute Gasteiger partial charge is 0.394 e. The van der Waals surface area contributed by atoms with E-state index in [0.717, 1.165) is 4.68 Å². The van der Waals surface area contributed by atoms with E-state index < -0.39 is 18.8 Å². The number of aromatic nitrogens is 2. The summed E-state index contributed by atoms with van der Waals surface area (Å²) < 4.78 is 38.0. The Kier molecular flexibility index (Phi) is 5.15. The number of rotatable bonds is 5. The molecule has 1 rings (SSSR count). The normalized spacial score (nSPS) is 13.3. The average molecular weight is 293 g/mol. The molecule has 1 atom stereocenters. The van der Waals surface area contributed by atoms with E-state index >= 15 is 0 Å². The van der Waals surface area contributed by atoms with Crippen molar-refractivity contribution in [2.24, 2.45) is 0 Å². The number of nitrogens with zero attached hydrogens (tertiary/aromatic N) is 2. The lowest BCUT2D eigenvalue weighted by molar-refractivity contribution is -0.142. The first-order chi connectivity index (χ1) is 9.14. The van der Waals surface area contributed by atoms with Crippen LogP contribution in [0.3, 0.4) is 0 Å². The van der Waals surface area contributed by atoms with Gasteiger partial charge in [0.2, 0.25) is 5.91 Å². The molecule has 20 heavy (non-hydrogen) atoms. The molecule has 1 unspecified atom stereocenters. The van der Waals surface area contributed by atoms with Crippen molar-refractivity contribution in [2.75, 3.05) is 6.61 Å². The van der Waals surface area contributed by atoms with E-state index in [2.05, 4.69) is 10.4 Å². The Bertz CT molecular complexity index is 483. The zero-order chi connectivity index (χ0) is 15.5. The first-order valence-corrected chi connectivity index (χ1v) is 6.14. The van der Waals surface area contributed by atoms with Gasteiger partial charge in [0.05, 0.1) is 18.7 Å². The number of aryl methyl sites for hydroxylation is 1. The lowest BCUT2D eigenvalue weighted by Crippen LogP contribution is -2.36. The fourth-order valence-electron chi connectivity index (χ4n) is 1.85. The Labute approximate surface area is 114 Å². The second kappa shape index (κ2) is 6.25.